The average Bonchev–Trinajstić information content (AvgIpc) is 2.90. The number of ether oxygens (including phenoxy) is 2. The summed E-state index contributed by atoms with van der Waals surface area (Å²) >= 11 is 0. The maximum atomic E-state index is 14.5. The number of methoxy groups -OCH3 is 2. The fraction of sp³-hybridized carbons (Fsp3) is 0.286. The zero-order chi connectivity index (χ0) is 25.7. The van der Waals surface area contributed by atoms with Crippen molar-refractivity contribution in [3.63, 3.8) is 0 Å². The normalized spacial score (nSPS) is 24.8. The van der Waals surface area contributed by atoms with Crippen molar-refractivity contribution >= 4 is 25.6 Å². The maximum Gasteiger partial charge on any atom is 0.182 e. The van der Waals surface area contributed by atoms with Gasteiger partial charge in [0.15, 0.2) is 21.3 Å². The quantitative estimate of drug-likeness (QED) is 0.302. The minimum absolute atomic E-state index is 0.0903. The highest BCUT2D eigenvalue weighted by Gasteiger charge is 2.50. The van der Waals surface area contributed by atoms with Crippen LogP contribution in [0.1, 0.15) is 34.9 Å². The van der Waals surface area contributed by atoms with Gasteiger partial charge < -0.3 is 14.0 Å². The smallest absolute Gasteiger partial charge is 0.182 e. The Bertz CT molecular complexity index is 1480. The van der Waals surface area contributed by atoms with Gasteiger partial charge in [-0.1, -0.05) is 46.8 Å². The Kier molecular flexibility index (Phi) is 6.31. The van der Waals surface area contributed by atoms with Crippen molar-refractivity contribution in [1.82, 2.24) is 0 Å². The molecule has 1 aliphatic carbocycles. The molecule has 188 valence electrons. The van der Waals surface area contributed by atoms with Crippen molar-refractivity contribution in [3.05, 3.63) is 90.0 Å². The highest BCUT2D eigenvalue weighted by molar-refractivity contribution is 8.00. The molecule has 0 saturated carbocycles. The fourth-order valence-electron chi connectivity index (χ4n) is 5.66. The molecule has 0 bridgehead atoms. The molecule has 4 atom stereocenters. The summed E-state index contributed by atoms with van der Waals surface area (Å²) in [7, 11) is -3.61. The Morgan fingerprint density at radius 1 is 1.00 bits per heavy atom. The molecule has 1 heterocycles. The predicted molar refractivity (Wildman–Crippen MR) is 142 cm³/mol. The molecule has 8 heteroatoms. The summed E-state index contributed by atoms with van der Waals surface area (Å²) in [6.07, 6.45) is 2.08. The van der Waals surface area contributed by atoms with E-state index in [9.17, 15) is 13.0 Å². The SMILES string of the molecule is C=C[C@H]1C[C@@H](S(=O)(=O)c2ccccc2)[C@@H]2C[S+]([O-])(c3ccccc3)=Nc3c(OC)c(C)c(OC)c1c32. The topological polar surface area (TPSA) is 88.0 Å². The van der Waals surface area contributed by atoms with Crippen molar-refractivity contribution in [2.24, 2.45) is 4.36 Å². The third kappa shape index (κ3) is 3.70. The second kappa shape index (κ2) is 9.18. The lowest BCUT2D eigenvalue weighted by Gasteiger charge is -2.42. The lowest BCUT2D eigenvalue weighted by atomic mass is 9.74. The number of benzene rings is 3. The Labute approximate surface area is 213 Å². The zero-order valence-electron chi connectivity index (χ0n) is 20.5. The van der Waals surface area contributed by atoms with Gasteiger partial charge in [-0.3, -0.25) is 0 Å². The van der Waals surface area contributed by atoms with E-state index in [1.807, 2.05) is 25.1 Å². The van der Waals surface area contributed by atoms with Crippen molar-refractivity contribution in [2.75, 3.05) is 20.0 Å². The van der Waals surface area contributed by atoms with Gasteiger partial charge in [0.25, 0.3) is 0 Å². The van der Waals surface area contributed by atoms with E-state index in [2.05, 4.69) is 6.58 Å². The summed E-state index contributed by atoms with van der Waals surface area (Å²) < 4.78 is 59.1. The minimum Gasteiger partial charge on any atom is -0.626 e. The molecular weight excluding hydrogens is 494 g/mol. The van der Waals surface area contributed by atoms with Gasteiger partial charge in [-0.05, 0) is 47.7 Å². The minimum atomic E-state index is -3.77. The van der Waals surface area contributed by atoms with Gasteiger partial charge in [-0.2, -0.15) is 0 Å². The second-order valence-electron chi connectivity index (χ2n) is 9.16. The van der Waals surface area contributed by atoms with Crippen LogP contribution in [0.4, 0.5) is 5.69 Å². The Morgan fingerprint density at radius 2 is 1.61 bits per heavy atom. The van der Waals surface area contributed by atoms with E-state index >= 15 is 0 Å². The highest BCUT2D eigenvalue weighted by Crippen LogP contribution is 2.59. The average molecular weight is 524 g/mol. The van der Waals surface area contributed by atoms with Crippen molar-refractivity contribution in [3.8, 4) is 11.5 Å². The van der Waals surface area contributed by atoms with Crippen LogP contribution >= 0.6 is 0 Å². The van der Waals surface area contributed by atoms with Crippen LogP contribution in [-0.4, -0.2) is 38.2 Å². The molecule has 5 rings (SSSR count). The van der Waals surface area contributed by atoms with Gasteiger partial charge >= 0.3 is 0 Å². The molecule has 36 heavy (non-hydrogen) atoms. The van der Waals surface area contributed by atoms with Gasteiger partial charge in [0.2, 0.25) is 0 Å². The molecule has 3 aromatic rings. The van der Waals surface area contributed by atoms with E-state index in [0.717, 1.165) is 16.7 Å². The lowest BCUT2D eigenvalue weighted by molar-refractivity contribution is 0.377. The third-order valence-corrected chi connectivity index (χ3v) is 11.8. The van der Waals surface area contributed by atoms with E-state index < -0.39 is 31.1 Å². The fourth-order valence-corrected chi connectivity index (χ4v) is 10.1. The van der Waals surface area contributed by atoms with Gasteiger partial charge in [0.1, 0.15) is 16.4 Å². The summed E-state index contributed by atoms with van der Waals surface area (Å²) in [6, 6.07) is 17.5. The summed E-state index contributed by atoms with van der Waals surface area (Å²) in [4.78, 5) is 0.831. The van der Waals surface area contributed by atoms with Crippen molar-refractivity contribution < 1.29 is 22.4 Å². The Hall–Kier alpha value is -2.94. The molecule has 0 radical (unpaired) electrons. The van der Waals surface area contributed by atoms with E-state index in [0.29, 0.717) is 28.5 Å². The number of nitrogens with zero attached hydrogens (tertiary/aromatic N) is 1. The van der Waals surface area contributed by atoms with E-state index in [1.54, 1.807) is 62.8 Å². The number of hydrogen-bond donors (Lipinski definition) is 0. The van der Waals surface area contributed by atoms with Gasteiger partial charge in [-0.15, -0.1) is 6.58 Å². The van der Waals surface area contributed by atoms with Crippen LogP contribution in [0.2, 0.25) is 0 Å². The molecule has 0 amide bonds. The first-order valence-corrected chi connectivity index (χ1v) is 15.0. The Balaban J connectivity index is 1.86. The second-order valence-corrected chi connectivity index (χ2v) is 13.6. The first kappa shape index (κ1) is 24.7. The van der Waals surface area contributed by atoms with Gasteiger partial charge in [0.05, 0.1) is 24.4 Å². The van der Waals surface area contributed by atoms with Crippen LogP contribution in [0, 0.1) is 6.92 Å². The summed E-state index contributed by atoms with van der Waals surface area (Å²) in [5, 5.41) is -0.814. The monoisotopic (exact) mass is 523 g/mol. The van der Waals surface area contributed by atoms with Crippen LogP contribution in [0.3, 0.4) is 0 Å². The molecule has 0 N–H and O–H groups in total. The molecular formula is C28H29NO5S2. The molecule has 1 unspecified atom stereocenters. The van der Waals surface area contributed by atoms with Crippen LogP contribution in [0.5, 0.6) is 11.5 Å². The first-order chi connectivity index (χ1) is 17.3. The number of sulfone groups is 1. The molecule has 0 aromatic heterocycles. The molecule has 0 saturated heterocycles. The zero-order valence-corrected chi connectivity index (χ0v) is 22.1. The number of allylic oxidation sites excluding steroid dienone is 1. The van der Waals surface area contributed by atoms with E-state index in [-0.39, 0.29) is 16.6 Å². The molecule has 6 nitrogen and oxygen atoms in total. The predicted octanol–water partition coefficient (Wildman–Crippen LogP) is 5.78. The Morgan fingerprint density at radius 3 is 2.19 bits per heavy atom. The summed E-state index contributed by atoms with van der Waals surface area (Å²) in [6.45, 7) is 5.91. The van der Waals surface area contributed by atoms with Gasteiger partial charge in [0, 0.05) is 28.5 Å². The molecule has 1 aliphatic heterocycles. The molecule has 2 aliphatic rings. The van der Waals surface area contributed by atoms with Gasteiger partial charge in [-0.25, -0.2) is 8.42 Å². The number of rotatable bonds is 6. The largest absolute Gasteiger partial charge is 0.626 e. The maximum absolute atomic E-state index is 14.5. The van der Waals surface area contributed by atoms with Crippen molar-refractivity contribution in [1.29, 1.82) is 0 Å². The standard InChI is InChI=1S/C28H29NO5S2/c1-5-19-16-23(36(31,32)21-14-10-7-11-15-21)22-17-35(30,20-12-8-6-9-13-20)29-26-25(22)24(19)27(33-3)18(2)28(26)34-4/h5-15,19,22-23H,1,16-17H2,2-4H3/t19-,22-,23+,35?/m0/s1. The van der Waals surface area contributed by atoms with Crippen LogP contribution in [0.15, 0.2) is 87.5 Å². The van der Waals surface area contributed by atoms with Crippen LogP contribution in [0.25, 0.3) is 0 Å². The highest BCUT2D eigenvalue weighted by atomic mass is 32.3. The molecule has 0 spiro atoms. The van der Waals surface area contributed by atoms with E-state index in [1.165, 1.54) is 0 Å². The molecule has 0 fully saturated rings. The van der Waals surface area contributed by atoms with Crippen LogP contribution < -0.4 is 9.47 Å². The summed E-state index contributed by atoms with van der Waals surface area (Å²) in [5.74, 6) is 0.343. The first-order valence-electron chi connectivity index (χ1n) is 11.8. The number of hydrogen-bond acceptors (Lipinski definition) is 6. The van der Waals surface area contributed by atoms with Crippen molar-refractivity contribution in [2.45, 2.75) is 40.2 Å². The third-order valence-electron chi connectivity index (χ3n) is 7.28. The van der Waals surface area contributed by atoms with Crippen LogP contribution in [-0.2, 0) is 19.9 Å². The lowest BCUT2D eigenvalue weighted by Crippen LogP contribution is -2.41. The summed E-state index contributed by atoms with van der Waals surface area (Å²) in [5.41, 5.74) is 2.80. The molecule has 3 aromatic carbocycles. The van der Waals surface area contributed by atoms with E-state index in [4.69, 9.17) is 13.8 Å².